The summed E-state index contributed by atoms with van der Waals surface area (Å²) in [7, 11) is -1.09. The van der Waals surface area contributed by atoms with Crippen LogP contribution in [-0.2, 0) is 11.0 Å². The number of nitrogens with one attached hydrogen (secondary N) is 1. The van der Waals surface area contributed by atoms with E-state index in [1.165, 1.54) is 12.4 Å². The molecule has 0 fully saturated rings. The van der Waals surface area contributed by atoms with Gasteiger partial charge in [-0.1, -0.05) is 18.5 Å². The van der Waals surface area contributed by atoms with Gasteiger partial charge in [-0.3, -0.25) is 9.71 Å². The lowest BCUT2D eigenvalue weighted by Gasteiger charge is -2.02. The summed E-state index contributed by atoms with van der Waals surface area (Å²) in [5.74, 6) is 1.04. The molecule has 0 aliphatic heterocycles. The van der Waals surface area contributed by atoms with Crippen LogP contribution in [0.5, 0.6) is 0 Å². The molecule has 1 aromatic heterocycles. The van der Waals surface area contributed by atoms with E-state index in [2.05, 4.69) is 14.7 Å². The maximum absolute atomic E-state index is 11.2. The normalized spacial score (nSPS) is 12.5. The van der Waals surface area contributed by atoms with Crippen molar-refractivity contribution in [1.29, 1.82) is 0 Å². The number of rotatable bonds is 4. The number of anilines is 1. The molecule has 0 aliphatic rings. The summed E-state index contributed by atoms with van der Waals surface area (Å²) in [6.45, 7) is 1.96. The van der Waals surface area contributed by atoms with Crippen LogP contribution >= 0.6 is 11.6 Å². The third kappa shape index (κ3) is 3.69. The van der Waals surface area contributed by atoms with Crippen LogP contribution < -0.4 is 4.72 Å². The van der Waals surface area contributed by atoms with Crippen molar-refractivity contribution in [3.8, 4) is 0 Å². The Morgan fingerprint density at radius 2 is 2.38 bits per heavy atom. The Morgan fingerprint density at radius 1 is 1.62 bits per heavy atom. The first-order valence-corrected chi connectivity index (χ1v) is 5.54. The maximum atomic E-state index is 11.2. The quantitative estimate of drug-likeness (QED) is 0.837. The Labute approximate surface area is 84.3 Å². The van der Waals surface area contributed by atoms with Gasteiger partial charge in [0.05, 0.1) is 12.4 Å². The molecule has 72 valence electrons. The first-order chi connectivity index (χ1) is 6.22. The molecule has 1 atom stereocenters. The first kappa shape index (κ1) is 10.4. The monoisotopic (exact) mass is 219 g/mol. The van der Waals surface area contributed by atoms with Gasteiger partial charge >= 0.3 is 0 Å². The summed E-state index contributed by atoms with van der Waals surface area (Å²) in [6, 6.07) is 0. The minimum Gasteiger partial charge on any atom is -0.288 e. The summed E-state index contributed by atoms with van der Waals surface area (Å²) in [5, 5.41) is 0.290. The second kappa shape index (κ2) is 5.14. The van der Waals surface area contributed by atoms with Crippen molar-refractivity contribution in [3.63, 3.8) is 0 Å². The van der Waals surface area contributed by atoms with E-state index in [9.17, 15) is 4.21 Å². The van der Waals surface area contributed by atoms with E-state index in [1.807, 2.05) is 6.92 Å². The number of nitrogens with zero attached hydrogens (tertiary/aromatic N) is 2. The summed E-state index contributed by atoms with van der Waals surface area (Å²) < 4.78 is 13.9. The van der Waals surface area contributed by atoms with Crippen LogP contribution in [0.2, 0.25) is 5.15 Å². The number of hydrogen-bond donors (Lipinski definition) is 1. The topological polar surface area (TPSA) is 54.9 Å². The average molecular weight is 220 g/mol. The zero-order valence-corrected chi connectivity index (χ0v) is 8.73. The molecule has 0 radical (unpaired) electrons. The van der Waals surface area contributed by atoms with Gasteiger partial charge < -0.3 is 0 Å². The van der Waals surface area contributed by atoms with Gasteiger partial charge in [-0.15, -0.1) is 0 Å². The standard InChI is InChI=1S/C7H10ClN3OS/c1-2-3-13(12)11-7-5-9-4-6(8)10-7/h4-5H,2-3H2,1H3,(H,10,11). The van der Waals surface area contributed by atoms with Crippen LogP contribution in [-0.4, -0.2) is 19.9 Å². The van der Waals surface area contributed by atoms with Gasteiger partial charge in [0.25, 0.3) is 0 Å². The minimum atomic E-state index is -1.09. The SMILES string of the molecule is CCCS(=O)Nc1cncc(Cl)n1. The van der Waals surface area contributed by atoms with Gasteiger partial charge in [0.1, 0.15) is 16.1 Å². The number of aromatic nitrogens is 2. The summed E-state index contributed by atoms with van der Waals surface area (Å²) in [6.07, 6.45) is 3.77. The Balaban J connectivity index is 2.58. The zero-order valence-electron chi connectivity index (χ0n) is 7.16. The Bertz CT molecular complexity index is 308. The highest BCUT2D eigenvalue weighted by Gasteiger charge is 2.00. The molecular formula is C7H10ClN3OS. The smallest absolute Gasteiger partial charge is 0.157 e. The van der Waals surface area contributed by atoms with Gasteiger partial charge in [0.15, 0.2) is 5.82 Å². The highest BCUT2D eigenvalue weighted by atomic mass is 35.5. The second-order valence-electron chi connectivity index (χ2n) is 2.38. The molecule has 0 saturated carbocycles. The molecule has 4 nitrogen and oxygen atoms in total. The molecule has 1 N–H and O–H groups in total. The number of hydrogen-bond acceptors (Lipinski definition) is 3. The molecule has 0 spiro atoms. The van der Waals surface area contributed by atoms with Gasteiger partial charge in [0.2, 0.25) is 0 Å². The van der Waals surface area contributed by atoms with Crippen LogP contribution in [0, 0.1) is 0 Å². The Hall–Kier alpha value is -0.680. The predicted molar refractivity (Wildman–Crippen MR) is 54.0 cm³/mol. The van der Waals surface area contributed by atoms with E-state index in [0.29, 0.717) is 16.7 Å². The van der Waals surface area contributed by atoms with E-state index in [1.54, 1.807) is 0 Å². The average Bonchev–Trinajstić information content (AvgIpc) is 2.04. The largest absolute Gasteiger partial charge is 0.288 e. The van der Waals surface area contributed by atoms with Crippen LogP contribution in [0.3, 0.4) is 0 Å². The molecule has 1 heterocycles. The van der Waals surface area contributed by atoms with Crippen LogP contribution in [0.1, 0.15) is 13.3 Å². The van der Waals surface area contributed by atoms with Gasteiger partial charge in [-0.25, -0.2) is 9.19 Å². The molecule has 1 unspecified atom stereocenters. The molecule has 0 saturated heterocycles. The highest BCUT2D eigenvalue weighted by molar-refractivity contribution is 7.86. The highest BCUT2D eigenvalue weighted by Crippen LogP contribution is 2.07. The zero-order chi connectivity index (χ0) is 9.68. The molecule has 6 heteroatoms. The lowest BCUT2D eigenvalue weighted by Crippen LogP contribution is -2.09. The van der Waals surface area contributed by atoms with Gasteiger partial charge in [-0.2, -0.15) is 0 Å². The first-order valence-electron chi connectivity index (χ1n) is 3.85. The van der Waals surface area contributed by atoms with Gasteiger partial charge in [-0.05, 0) is 6.42 Å². The molecule has 0 aliphatic carbocycles. The maximum Gasteiger partial charge on any atom is 0.157 e. The van der Waals surface area contributed by atoms with Crippen LogP contribution in [0.15, 0.2) is 12.4 Å². The Morgan fingerprint density at radius 3 is 3.00 bits per heavy atom. The summed E-state index contributed by atoms with van der Waals surface area (Å²) in [5.41, 5.74) is 0. The van der Waals surface area contributed by atoms with Crippen LogP contribution in [0.4, 0.5) is 5.82 Å². The van der Waals surface area contributed by atoms with Crippen molar-refractivity contribution in [2.24, 2.45) is 0 Å². The minimum absolute atomic E-state index is 0.290. The molecular weight excluding hydrogens is 210 g/mol. The summed E-state index contributed by atoms with van der Waals surface area (Å²) in [4.78, 5) is 7.70. The van der Waals surface area contributed by atoms with Crippen molar-refractivity contribution in [2.75, 3.05) is 10.5 Å². The molecule has 0 aromatic carbocycles. The van der Waals surface area contributed by atoms with Gasteiger partial charge in [0, 0.05) is 5.75 Å². The van der Waals surface area contributed by atoms with E-state index >= 15 is 0 Å². The van der Waals surface area contributed by atoms with E-state index < -0.39 is 11.0 Å². The van der Waals surface area contributed by atoms with Crippen molar-refractivity contribution in [1.82, 2.24) is 9.97 Å². The molecule has 13 heavy (non-hydrogen) atoms. The Kier molecular flexibility index (Phi) is 4.11. The lowest BCUT2D eigenvalue weighted by molar-refractivity contribution is 0.685. The second-order valence-corrected chi connectivity index (χ2v) is 4.07. The van der Waals surface area contributed by atoms with Crippen molar-refractivity contribution in [2.45, 2.75) is 13.3 Å². The molecule has 0 amide bonds. The fourth-order valence-corrected chi connectivity index (χ4v) is 1.70. The fraction of sp³-hybridized carbons (Fsp3) is 0.429. The third-order valence-electron chi connectivity index (χ3n) is 1.21. The van der Waals surface area contributed by atoms with E-state index in [0.717, 1.165) is 6.42 Å². The predicted octanol–water partition coefficient (Wildman–Crippen LogP) is 1.62. The van der Waals surface area contributed by atoms with E-state index in [4.69, 9.17) is 11.6 Å². The van der Waals surface area contributed by atoms with Crippen molar-refractivity contribution in [3.05, 3.63) is 17.5 Å². The van der Waals surface area contributed by atoms with E-state index in [-0.39, 0.29) is 0 Å². The summed E-state index contributed by atoms with van der Waals surface area (Å²) >= 11 is 5.59. The molecule has 1 aromatic rings. The fourth-order valence-electron chi connectivity index (χ4n) is 0.744. The van der Waals surface area contributed by atoms with Crippen molar-refractivity contribution >= 4 is 28.4 Å². The van der Waals surface area contributed by atoms with Crippen molar-refractivity contribution < 1.29 is 4.21 Å². The van der Waals surface area contributed by atoms with Crippen LogP contribution in [0.25, 0.3) is 0 Å². The lowest BCUT2D eigenvalue weighted by atomic mass is 10.6. The molecule has 1 rings (SSSR count). The molecule has 0 bridgehead atoms. The third-order valence-corrected chi connectivity index (χ3v) is 2.61. The number of halogens is 1.